The number of hydrogen-bond donors (Lipinski definition) is 2. The third kappa shape index (κ3) is 5.05. The van der Waals surface area contributed by atoms with E-state index in [2.05, 4.69) is 23.8 Å². The highest BCUT2D eigenvalue weighted by molar-refractivity contribution is 6.30. The largest absolute Gasteiger partial charge is 0.387 e. The lowest BCUT2D eigenvalue weighted by atomic mass is 9.76. The first-order chi connectivity index (χ1) is 11.5. The van der Waals surface area contributed by atoms with E-state index >= 15 is 0 Å². The number of nitrogens with one attached hydrogen (secondary N) is 1. The van der Waals surface area contributed by atoms with Crippen molar-refractivity contribution in [3.8, 4) is 0 Å². The van der Waals surface area contributed by atoms with Gasteiger partial charge >= 0.3 is 0 Å². The Hall–Kier alpha value is -1.39. The Balaban J connectivity index is 1.85. The zero-order valence-corrected chi connectivity index (χ0v) is 14.9. The lowest BCUT2D eigenvalue weighted by molar-refractivity contribution is 0.107. The highest BCUT2D eigenvalue weighted by Crippen LogP contribution is 2.38. The Labute approximate surface area is 148 Å². The lowest BCUT2D eigenvalue weighted by Crippen LogP contribution is -2.32. The lowest BCUT2D eigenvalue weighted by Gasteiger charge is -2.32. The average Bonchev–Trinajstić information content (AvgIpc) is 2.60. The maximum atomic E-state index is 13.6. The molecule has 1 aromatic carbocycles. The zero-order valence-electron chi connectivity index (χ0n) is 14.1. The molecule has 0 aliphatic heterocycles. The van der Waals surface area contributed by atoms with E-state index in [0.717, 1.165) is 44.2 Å². The Morgan fingerprint density at radius 2 is 2.17 bits per heavy atom. The molecular weight excluding hydrogens is 327 g/mol. The first-order valence-corrected chi connectivity index (χ1v) is 8.97. The Bertz CT molecular complexity index is 583. The number of hydrogen-bond acceptors (Lipinski definition) is 2. The van der Waals surface area contributed by atoms with Crippen molar-refractivity contribution in [1.29, 1.82) is 0 Å². The molecular formula is C19H26ClFN2O. The molecule has 1 atom stereocenters. The van der Waals surface area contributed by atoms with Crippen LogP contribution in [-0.2, 0) is 0 Å². The third-order valence-corrected chi connectivity index (χ3v) is 4.99. The fourth-order valence-electron chi connectivity index (χ4n) is 3.23. The van der Waals surface area contributed by atoms with E-state index < -0.39 is 6.10 Å². The number of rotatable bonds is 7. The normalized spacial score (nSPS) is 22.5. The number of aliphatic hydroxyl groups is 1. The number of aliphatic hydroxyl groups excluding tert-OH is 1. The number of halogens is 2. The Morgan fingerprint density at radius 3 is 2.79 bits per heavy atom. The molecule has 132 valence electrons. The van der Waals surface area contributed by atoms with Crippen molar-refractivity contribution in [1.82, 2.24) is 5.32 Å². The summed E-state index contributed by atoms with van der Waals surface area (Å²) in [4.78, 5) is 4.17. The molecule has 1 fully saturated rings. The highest BCUT2D eigenvalue weighted by atomic mass is 35.5. The van der Waals surface area contributed by atoms with Crippen molar-refractivity contribution in [2.75, 3.05) is 6.54 Å². The van der Waals surface area contributed by atoms with Crippen molar-refractivity contribution in [2.45, 2.75) is 51.0 Å². The standard InChI is InChI=1S/C19H26ClFN2O/c1-3-10-22-12-23-13(2)19(24)15-6-4-14(5-7-15)16-8-9-17(20)18(21)11-16/h8-9,11-12,14-15,19,24H,2-7,10H2,1H3,(H,22,23). The van der Waals surface area contributed by atoms with E-state index in [1.165, 1.54) is 6.07 Å². The Morgan fingerprint density at radius 1 is 1.46 bits per heavy atom. The van der Waals surface area contributed by atoms with Crippen LogP contribution in [0.25, 0.3) is 0 Å². The van der Waals surface area contributed by atoms with E-state index in [1.54, 1.807) is 12.4 Å². The van der Waals surface area contributed by atoms with Crippen molar-refractivity contribution in [2.24, 2.45) is 10.9 Å². The van der Waals surface area contributed by atoms with E-state index in [0.29, 0.717) is 11.6 Å². The van der Waals surface area contributed by atoms with Gasteiger partial charge in [0.1, 0.15) is 5.82 Å². The van der Waals surface area contributed by atoms with Crippen molar-refractivity contribution >= 4 is 17.9 Å². The van der Waals surface area contributed by atoms with Gasteiger partial charge in [0.15, 0.2) is 0 Å². The van der Waals surface area contributed by atoms with E-state index in [9.17, 15) is 9.50 Å². The van der Waals surface area contributed by atoms with Crippen LogP contribution in [0.1, 0.15) is 50.5 Å². The number of benzene rings is 1. The molecule has 5 heteroatoms. The smallest absolute Gasteiger partial charge is 0.142 e. The van der Waals surface area contributed by atoms with Gasteiger partial charge in [-0.3, -0.25) is 4.99 Å². The minimum absolute atomic E-state index is 0.162. The summed E-state index contributed by atoms with van der Waals surface area (Å²) in [6.45, 7) is 6.73. The van der Waals surface area contributed by atoms with Gasteiger partial charge in [-0.1, -0.05) is 31.2 Å². The summed E-state index contributed by atoms with van der Waals surface area (Å²) in [5.41, 5.74) is 1.59. The first-order valence-electron chi connectivity index (χ1n) is 8.59. The van der Waals surface area contributed by atoms with Gasteiger partial charge in [-0.2, -0.15) is 0 Å². The van der Waals surface area contributed by atoms with Crippen LogP contribution < -0.4 is 5.32 Å². The second kappa shape index (κ2) is 9.19. The molecule has 0 heterocycles. The summed E-state index contributed by atoms with van der Waals surface area (Å²) in [6.07, 6.45) is 5.66. The van der Waals surface area contributed by atoms with Crippen molar-refractivity contribution < 1.29 is 9.50 Å². The molecule has 1 aliphatic rings. The maximum Gasteiger partial charge on any atom is 0.142 e. The van der Waals surface area contributed by atoms with Crippen LogP contribution in [0, 0.1) is 11.7 Å². The number of nitrogens with zero attached hydrogens (tertiary/aromatic N) is 1. The summed E-state index contributed by atoms with van der Waals surface area (Å²) in [7, 11) is 0. The molecule has 3 nitrogen and oxygen atoms in total. The third-order valence-electron chi connectivity index (χ3n) is 4.68. The van der Waals surface area contributed by atoms with Crippen molar-refractivity contribution in [3.05, 3.63) is 46.9 Å². The van der Waals surface area contributed by atoms with Crippen LogP contribution in [0.3, 0.4) is 0 Å². The molecule has 0 spiro atoms. The van der Waals surface area contributed by atoms with E-state index in [-0.39, 0.29) is 16.8 Å². The predicted molar refractivity (Wildman–Crippen MR) is 98.0 cm³/mol. The van der Waals surface area contributed by atoms with Gasteiger partial charge in [0.2, 0.25) is 0 Å². The molecule has 1 aliphatic carbocycles. The summed E-state index contributed by atoms with van der Waals surface area (Å²) in [5, 5.41) is 13.6. The summed E-state index contributed by atoms with van der Waals surface area (Å²) >= 11 is 5.75. The molecule has 0 radical (unpaired) electrons. The van der Waals surface area contributed by atoms with Gasteiger partial charge in [0.25, 0.3) is 0 Å². The summed E-state index contributed by atoms with van der Waals surface area (Å²) in [6, 6.07) is 5.06. The van der Waals surface area contributed by atoms with Gasteiger partial charge in [-0.25, -0.2) is 4.39 Å². The minimum atomic E-state index is -0.582. The second-order valence-corrected chi connectivity index (χ2v) is 6.84. The van der Waals surface area contributed by atoms with Crippen LogP contribution in [-0.4, -0.2) is 24.1 Å². The van der Waals surface area contributed by atoms with Crippen LogP contribution in [0.4, 0.5) is 4.39 Å². The average molecular weight is 353 g/mol. The van der Waals surface area contributed by atoms with Crippen LogP contribution in [0.2, 0.25) is 5.02 Å². The van der Waals surface area contributed by atoms with Crippen molar-refractivity contribution in [3.63, 3.8) is 0 Å². The molecule has 1 saturated carbocycles. The molecule has 0 saturated heterocycles. The van der Waals surface area contributed by atoms with Gasteiger partial charge in [0, 0.05) is 12.2 Å². The Kier molecular flexibility index (Phi) is 7.25. The molecule has 2 rings (SSSR count). The molecule has 0 amide bonds. The van der Waals surface area contributed by atoms with Crippen LogP contribution in [0.15, 0.2) is 35.5 Å². The second-order valence-electron chi connectivity index (χ2n) is 6.43. The molecule has 1 unspecified atom stereocenters. The number of aliphatic imine (C=N–C) groups is 1. The minimum Gasteiger partial charge on any atom is -0.387 e. The molecule has 24 heavy (non-hydrogen) atoms. The summed E-state index contributed by atoms with van der Waals surface area (Å²) < 4.78 is 13.6. The SMILES string of the molecule is C=C(NC=NCCC)C(O)C1CCC(c2ccc(Cl)c(F)c2)CC1. The van der Waals surface area contributed by atoms with Crippen LogP contribution >= 0.6 is 11.6 Å². The molecule has 0 aromatic heterocycles. The van der Waals surface area contributed by atoms with Gasteiger partial charge in [-0.15, -0.1) is 0 Å². The molecule has 0 bridgehead atoms. The fourth-order valence-corrected chi connectivity index (χ4v) is 3.34. The monoisotopic (exact) mass is 352 g/mol. The van der Waals surface area contributed by atoms with Crippen LogP contribution in [0.5, 0.6) is 0 Å². The zero-order chi connectivity index (χ0) is 17.5. The topological polar surface area (TPSA) is 44.6 Å². The molecule has 1 aromatic rings. The van der Waals surface area contributed by atoms with E-state index in [4.69, 9.17) is 11.6 Å². The molecule has 2 N–H and O–H groups in total. The van der Waals surface area contributed by atoms with E-state index in [1.807, 2.05) is 6.07 Å². The first kappa shape index (κ1) is 18.9. The fraction of sp³-hybridized carbons (Fsp3) is 0.526. The predicted octanol–water partition coefficient (Wildman–Crippen LogP) is 4.66. The quantitative estimate of drug-likeness (QED) is 0.554. The van der Waals surface area contributed by atoms with Gasteiger partial charge < -0.3 is 10.4 Å². The maximum absolute atomic E-state index is 13.6. The highest BCUT2D eigenvalue weighted by Gasteiger charge is 2.28. The van der Waals surface area contributed by atoms with Gasteiger partial charge in [-0.05, 0) is 61.6 Å². The van der Waals surface area contributed by atoms with Gasteiger partial charge in [0.05, 0.1) is 17.5 Å². The summed E-state index contributed by atoms with van der Waals surface area (Å²) in [5.74, 6) is 0.144.